The molecule has 0 aliphatic carbocycles. The lowest BCUT2D eigenvalue weighted by Gasteiger charge is -2.22. The van der Waals surface area contributed by atoms with Crippen LogP contribution >= 0.6 is 0 Å². The van der Waals surface area contributed by atoms with Crippen LogP contribution in [0.25, 0.3) is 11.1 Å². The summed E-state index contributed by atoms with van der Waals surface area (Å²) in [7, 11) is 2.85. The van der Waals surface area contributed by atoms with E-state index < -0.39 is 17.7 Å². The first kappa shape index (κ1) is 20.3. The summed E-state index contributed by atoms with van der Waals surface area (Å²) in [6.45, 7) is 1.90. The van der Waals surface area contributed by atoms with Crippen LogP contribution in [-0.2, 0) is 15.7 Å². The number of methoxy groups -OCH3 is 2. The van der Waals surface area contributed by atoms with Gasteiger partial charge in [-0.2, -0.15) is 13.2 Å². The molecule has 2 heterocycles. The number of nitrogens with one attached hydrogen (secondary N) is 1. The lowest BCUT2D eigenvalue weighted by atomic mass is 9.84. The maximum atomic E-state index is 13.3. The smallest absolute Gasteiger partial charge is 0.416 e. The molecule has 1 aliphatic heterocycles. The highest BCUT2D eigenvalue weighted by Crippen LogP contribution is 2.39. The minimum absolute atomic E-state index is 0.0116. The summed E-state index contributed by atoms with van der Waals surface area (Å²) in [5, 5.41) is 3.28. The van der Waals surface area contributed by atoms with E-state index in [-0.39, 0.29) is 17.5 Å². The summed E-state index contributed by atoms with van der Waals surface area (Å²) < 4.78 is 49.8. The average molecular weight is 394 g/mol. The van der Waals surface area contributed by atoms with Crippen molar-refractivity contribution in [2.45, 2.75) is 12.1 Å². The molecular formula is C20H21F3N2O3. The summed E-state index contributed by atoms with van der Waals surface area (Å²) in [4.78, 5) is 15.6. The van der Waals surface area contributed by atoms with E-state index in [4.69, 9.17) is 4.74 Å². The number of carbonyl (C=O) groups is 1. The summed E-state index contributed by atoms with van der Waals surface area (Å²) in [5.74, 6) is -0.434. The molecule has 0 amide bonds. The predicted molar refractivity (Wildman–Crippen MR) is 97.0 cm³/mol. The number of ether oxygens (including phenoxy) is 2. The summed E-state index contributed by atoms with van der Waals surface area (Å²) in [5.41, 5.74) is 1.13. The van der Waals surface area contributed by atoms with E-state index in [1.807, 2.05) is 0 Å². The van der Waals surface area contributed by atoms with Crippen molar-refractivity contribution in [3.63, 3.8) is 0 Å². The number of aromatic nitrogens is 1. The van der Waals surface area contributed by atoms with Gasteiger partial charge in [0.15, 0.2) is 0 Å². The quantitative estimate of drug-likeness (QED) is 0.787. The van der Waals surface area contributed by atoms with Crippen molar-refractivity contribution >= 4 is 5.97 Å². The largest absolute Gasteiger partial charge is 0.464 e. The van der Waals surface area contributed by atoms with Crippen molar-refractivity contribution < 1.29 is 27.4 Å². The fourth-order valence-electron chi connectivity index (χ4n) is 3.57. The zero-order chi connectivity index (χ0) is 20.3. The molecule has 1 aromatic heterocycles. The minimum atomic E-state index is -4.45. The second kappa shape index (κ2) is 8.28. The van der Waals surface area contributed by atoms with Gasteiger partial charge in [0.1, 0.15) is 5.69 Å². The van der Waals surface area contributed by atoms with E-state index >= 15 is 0 Å². The SMILES string of the molecule is COC[C@H]1CNC[C@@H]1c1ccc(C(F)(F)F)cc1-c1ccc(C(=O)OC)nc1. The molecule has 0 unspecified atom stereocenters. The topological polar surface area (TPSA) is 60.5 Å². The first-order valence-electron chi connectivity index (χ1n) is 8.80. The van der Waals surface area contributed by atoms with Gasteiger partial charge >= 0.3 is 12.1 Å². The standard InChI is InChI=1S/C20H21F3N2O3/c1-27-11-13-8-24-10-17(13)15-5-4-14(20(21,22)23)7-16(15)12-3-6-18(25-9-12)19(26)28-2/h3-7,9,13,17,24H,8,10-11H2,1-2H3/t13-,17+/m1/s1. The molecular weight excluding hydrogens is 373 g/mol. The van der Waals surface area contributed by atoms with Gasteiger partial charge in [0.25, 0.3) is 0 Å². The van der Waals surface area contributed by atoms with Gasteiger partial charge in [-0.1, -0.05) is 12.1 Å². The number of hydrogen-bond acceptors (Lipinski definition) is 5. The zero-order valence-corrected chi connectivity index (χ0v) is 15.5. The molecule has 0 saturated carbocycles. The molecule has 0 radical (unpaired) electrons. The highest BCUT2D eigenvalue weighted by Gasteiger charge is 2.34. The van der Waals surface area contributed by atoms with Gasteiger partial charge in [0, 0.05) is 43.8 Å². The van der Waals surface area contributed by atoms with Crippen LogP contribution in [0.5, 0.6) is 0 Å². The number of rotatable bonds is 5. The number of nitrogens with zero attached hydrogens (tertiary/aromatic N) is 1. The molecule has 2 aromatic rings. The van der Waals surface area contributed by atoms with Crippen molar-refractivity contribution in [1.29, 1.82) is 0 Å². The van der Waals surface area contributed by atoms with Crippen LogP contribution in [0.4, 0.5) is 13.2 Å². The van der Waals surface area contributed by atoms with Crippen LogP contribution in [0.2, 0.25) is 0 Å². The summed E-state index contributed by atoms with van der Waals surface area (Å²) in [6, 6.07) is 6.83. The molecule has 150 valence electrons. The Bertz CT molecular complexity index is 838. The van der Waals surface area contributed by atoms with Gasteiger partial charge in [0.05, 0.1) is 19.3 Å². The summed E-state index contributed by atoms with van der Waals surface area (Å²) >= 11 is 0. The number of carbonyl (C=O) groups excluding carboxylic acids is 1. The fourth-order valence-corrected chi connectivity index (χ4v) is 3.57. The van der Waals surface area contributed by atoms with Crippen LogP contribution in [0.3, 0.4) is 0 Å². The van der Waals surface area contributed by atoms with Crippen molar-refractivity contribution in [2.24, 2.45) is 5.92 Å². The third kappa shape index (κ3) is 4.18. The van der Waals surface area contributed by atoms with Crippen molar-refractivity contribution in [3.8, 4) is 11.1 Å². The number of hydrogen-bond donors (Lipinski definition) is 1. The van der Waals surface area contributed by atoms with E-state index in [1.54, 1.807) is 13.2 Å². The zero-order valence-electron chi connectivity index (χ0n) is 15.5. The minimum Gasteiger partial charge on any atom is -0.464 e. The lowest BCUT2D eigenvalue weighted by Crippen LogP contribution is -2.17. The third-order valence-corrected chi connectivity index (χ3v) is 4.97. The van der Waals surface area contributed by atoms with Gasteiger partial charge in [-0.05, 0) is 29.3 Å². The van der Waals surface area contributed by atoms with Gasteiger partial charge in [-0.3, -0.25) is 0 Å². The molecule has 0 spiro atoms. The Morgan fingerprint density at radius 2 is 2.00 bits per heavy atom. The first-order valence-corrected chi connectivity index (χ1v) is 8.80. The Hall–Kier alpha value is -2.45. The van der Waals surface area contributed by atoms with Crippen LogP contribution < -0.4 is 5.32 Å². The predicted octanol–water partition coefficient (Wildman–Crippen LogP) is 3.50. The Balaban J connectivity index is 2.07. The highest BCUT2D eigenvalue weighted by atomic mass is 19.4. The molecule has 1 fully saturated rings. The van der Waals surface area contributed by atoms with E-state index in [0.29, 0.717) is 24.3 Å². The first-order chi connectivity index (χ1) is 13.3. The number of benzene rings is 1. The number of alkyl halides is 3. The van der Waals surface area contributed by atoms with E-state index in [1.165, 1.54) is 25.4 Å². The lowest BCUT2D eigenvalue weighted by molar-refractivity contribution is -0.137. The van der Waals surface area contributed by atoms with Gasteiger partial charge in [0.2, 0.25) is 0 Å². The molecule has 1 N–H and O–H groups in total. The van der Waals surface area contributed by atoms with Crippen LogP contribution in [0.15, 0.2) is 36.5 Å². The summed E-state index contributed by atoms with van der Waals surface area (Å²) in [6.07, 6.45) is -3.05. The maximum absolute atomic E-state index is 13.3. The van der Waals surface area contributed by atoms with Gasteiger partial charge in [-0.25, -0.2) is 9.78 Å². The second-order valence-corrected chi connectivity index (χ2v) is 6.70. The molecule has 8 heteroatoms. The van der Waals surface area contributed by atoms with Crippen LogP contribution in [-0.4, -0.2) is 44.9 Å². The van der Waals surface area contributed by atoms with Crippen molar-refractivity contribution in [3.05, 3.63) is 53.3 Å². The van der Waals surface area contributed by atoms with Crippen LogP contribution in [0.1, 0.15) is 27.5 Å². The molecule has 0 bridgehead atoms. The molecule has 1 aromatic carbocycles. The second-order valence-electron chi connectivity index (χ2n) is 6.70. The average Bonchev–Trinajstić information content (AvgIpc) is 3.14. The van der Waals surface area contributed by atoms with Gasteiger partial charge < -0.3 is 14.8 Å². The number of esters is 1. The molecule has 3 rings (SSSR count). The molecule has 1 saturated heterocycles. The Labute approximate surface area is 160 Å². The van der Waals surface area contributed by atoms with E-state index in [9.17, 15) is 18.0 Å². The molecule has 28 heavy (non-hydrogen) atoms. The monoisotopic (exact) mass is 394 g/mol. The number of pyridine rings is 1. The third-order valence-electron chi connectivity index (χ3n) is 4.97. The van der Waals surface area contributed by atoms with Crippen molar-refractivity contribution in [2.75, 3.05) is 33.9 Å². The van der Waals surface area contributed by atoms with E-state index in [2.05, 4.69) is 15.0 Å². The van der Waals surface area contributed by atoms with Gasteiger partial charge in [-0.15, -0.1) is 0 Å². The fraction of sp³-hybridized carbons (Fsp3) is 0.400. The normalized spacial score (nSPS) is 19.6. The number of halogens is 3. The maximum Gasteiger partial charge on any atom is 0.416 e. The molecule has 2 atom stereocenters. The highest BCUT2D eigenvalue weighted by molar-refractivity contribution is 5.87. The molecule has 1 aliphatic rings. The van der Waals surface area contributed by atoms with E-state index in [0.717, 1.165) is 24.2 Å². The van der Waals surface area contributed by atoms with Crippen LogP contribution in [0, 0.1) is 5.92 Å². The Morgan fingerprint density at radius 1 is 1.21 bits per heavy atom. The van der Waals surface area contributed by atoms with Crippen molar-refractivity contribution in [1.82, 2.24) is 10.3 Å². The Kier molecular flexibility index (Phi) is 6.00. The molecule has 5 nitrogen and oxygen atoms in total. The Morgan fingerprint density at radius 3 is 2.61 bits per heavy atom.